The van der Waals surface area contributed by atoms with E-state index in [0.29, 0.717) is 18.1 Å². The van der Waals surface area contributed by atoms with Crippen LogP contribution in [0.5, 0.6) is 0 Å². The van der Waals surface area contributed by atoms with Gasteiger partial charge in [0, 0.05) is 18.5 Å². The van der Waals surface area contributed by atoms with E-state index in [1.807, 2.05) is 45.0 Å². The van der Waals surface area contributed by atoms with Crippen LogP contribution in [0.25, 0.3) is 11.4 Å². The second-order valence-electron chi connectivity index (χ2n) is 6.22. The minimum absolute atomic E-state index is 0.185. The highest BCUT2D eigenvalue weighted by Gasteiger charge is 2.15. The Kier molecular flexibility index (Phi) is 5.20. The SMILES string of the molecule is Cc1ccc(S(=O)(=O)NCCc2nc(-c3ccccc3C)no2)cc1C. The molecule has 0 saturated carbocycles. The van der Waals surface area contributed by atoms with E-state index < -0.39 is 10.0 Å². The van der Waals surface area contributed by atoms with Crippen molar-refractivity contribution in [3.8, 4) is 11.4 Å². The Bertz CT molecular complexity index is 1030. The summed E-state index contributed by atoms with van der Waals surface area (Å²) in [7, 11) is -3.56. The normalized spacial score (nSPS) is 11.7. The number of rotatable bonds is 6. The maximum absolute atomic E-state index is 12.4. The van der Waals surface area contributed by atoms with Crippen LogP contribution in [0.3, 0.4) is 0 Å². The van der Waals surface area contributed by atoms with Crippen molar-refractivity contribution in [2.45, 2.75) is 32.1 Å². The molecule has 0 bridgehead atoms. The van der Waals surface area contributed by atoms with E-state index in [0.717, 1.165) is 22.3 Å². The van der Waals surface area contributed by atoms with Crippen LogP contribution in [-0.2, 0) is 16.4 Å². The third-order valence-electron chi connectivity index (χ3n) is 4.27. The van der Waals surface area contributed by atoms with Gasteiger partial charge in [-0.3, -0.25) is 0 Å². The Morgan fingerprint density at radius 3 is 2.50 bits per heavy atom. The minimum Gasteiger partial charge on any atom is -0.339 e. The summed E-state index contributed by atoms with van der Waals surface area (Å²) in [5.74, 6) is 0.904. The van der Waals surface area contributed by atoms with Crippen LogP contribution in [0.2, 0.25) is 0 Å². The molecule has 1 heterocycles. The fraction of sp³-hybridized carbons (Fsp3) is 0.263. The van der Waals surface area contributed by atoms with Gasteiger partial charge in [0.1, 0.15) is 0 Å². The number of aryl methyl sites for hydroxylation is 3. The predicted octanol–water partition coefficient (Wildman–Crippen LogP) is 3.18. The second kappa shape index (κ2) is 7.39. The van der Waals surface area contributed by atoms with E-state index in [9.17, 15) is 8.42 Å². The van der Waals surface area contributed by atoms with Gasteiger partial charge in [0.05, 0.1) is 4.90 Å². The average Bonchev–Trinajstić information content (AvgIpc) is 3.06. The molecule has 0 spiro atoms. The summed E-state index contributed by atoms with van der Waals surface area (Å²) in [5.41, 5.74) is 3.94. The van der Waals surface area contributed by atoms with Gasteiger partial charge in [-0.15, -0.1) is 0 Å². The third kappa shape index (κ3) is 4.00. The van der Waals surface area contributed by atoms with Crippen molar-refractivity contribution in [3.05, 3.63) is 65.0 Å². The third-order valence-corrected chi connectivity index (χ3v) is 5.73. The standard InChI is InChI=1S/C19H21N3O3S/c1-13-8-9-16(12-15(13)3)26(23,24)20-11-10-18-21-19(22-25-18)17-7-5-4-6-14(17)2/h4-9,12,20H,10-11H2,1-3H3. The van der Waals surface area contributed by atoms with Gasteiger partial charge in [0.2, 0.25) is 21.7 Å². The van der Waals surface area contributed by atoms with Gasteiger partial charge in [-0.1, -0.05) is 35.5 Å². The summed E-state index contributed by atoms with van der Waals surface area (Å²) in [5, 5.41) is 3.98. The lowest BCUT2D eigenvalue weighted by Gasteiger charge is -2.07. The first kappa shape index (κ1) is 18.3. The number of aromatic nitrogens is 2. The van der Waals surface area contributed by atoms with Crippen molar-refractivity contribution < 1.29 is 12.9 Å². The average molecular weight is 371 g/mol. The highest BCUT2D eigenvalue weighted by molar-refractivity contribution is 7.89. The second-order valence-corrected chi connectivity index (χ2v) is 7.99. The lowest BCUT2D eigenvalue weighted by molar-refractivity contribution is 0.379. The van der Waals surface area contributed by atoms with Gasteiger partial charge in [0.25, 0.3) is 0 Å². The van der Waals surface area contributed by atoms with E-state index in [-0.39, 0.29) is 11.4 Å². The summed E-state index contributed by atoms with van der Waals surface area (Å²) in [6.07, 6.45) is 0.322. The topological polar surface area (TPSA) is 85.1 Å². The molecule has 0 atom stereocenters. The van der Waals surface area contributed by atoms with Crippen LogP contribution in [0, 0.1) is 20.8 Å². The highest BCUT2D eigenvalue weighted by atomic mass is 32.2. The summed E-state index contributed by atoms with van der Waals surface area (Å²) in [6, 6.07) is 12.8. The minimum atomic E-state index is -3.56. The number of nitrogens with zero attached hydrogens (tertiary/aromatic N) is 2. The molecule has 1 N–H and O–H groups in total. The van der Waals surface area contributed by atoms with E-state index >= 15 is 0 Å². The van der Waals surface area contributed by atoms with Crippen molar-refractivity contribution in [2.24, 2.45) is 0 Å². The number of hydrogen-bond acceptors (Lipinski definition) is 5. The molecule has 1 aromatic heterocycles. The van der Waals surface area contributed by atoms with Crippen LogP contribution in [0.15, 0.2) is 51.9 Å². The van der Waals surface area contributed by atoms with Gasteiger partial charge >= 0.3 is 0 Å². The van der Waals surface area contributed by atoms with E-state index in [1.165, 1.54) is 0 Å². The Balaban J connectivity index is 1.65. The quantitative estimate of drug-likeness (QED) is 0.719. The van der Waals surface area contributed by atoms with Gasteiger partial charge in [-0.05, 0) is 49.6 Å². The summed E-state index contributed by atoms with van der Waals surface area (Å²) < 4.78 is 32.6. The molecule has 7 heteroatoms. The van der Waals surface area contributed by atoms with Crippen molar-refractivity contribution in [1.82, 2.24) is 14.9 Å². The number of hydrogen-bond donors (Lipinski definition) is 1. The van der Waals surface area contributed by atoms with E-state index in [1.54, 1.807) is 18.2 Å². The molecule has 26 heavy (non-hydrogen) atoms. The van der Waals surface area contributed by atoms with E-state index in [2.05, 4.69) is 14.9 Å². The molecular weight excluding hydrogens is 350 g/mol. The molecule has 0 aliphatic carbocycles. The van der Waals surface area contributed by atoms with Crippen LogP contribution < -0.4 is 4.72 Å². The van der Waals surface area contributed by atoms with Crippen molar-refractivity contribution in [1.29, 1.82) is 0 Å². The maximum Gasteiger partial charge on any atom is 0.240 e. The van der Waals surface area contributed by atoms with Crippen LogP contribution in [0.4, 0.5) is 0 Å². The van der Waals surface area contributed by atoms with Gasteiger partial charge in [-0.25, -0.2) is 13.1 Å². The van der Waals surface area contributed by atoms with Crippen LogP contribution >= 0.6 is 0 Å². The van der Waals surface area contributed by atoms with Crippen LogP contribution in [-0.4, -0.2) is 25.1 Å². The fourth-order valence-corrected chi connectivity index (χ4v) is 3.66. The zero-order valence-corrected chi connectivity index (χ0v) is 15.8. The smallest absolute Gasteiger partial charge is 0.240 e. The summed E-state index contributed by atoms with van der Waals surface area (Å²) in [4.78, 5) is 4.60. The molecule has 6 nitrogen and oxygen atoms in total. The maximum atomic E-state index is 12.4. The monoisotopic (exact) mass is 371 g/mol. The molecule has 0 unspecified atom stereocenters. The lowest BCUT2D eigenvalue weighted by atomic mass is 10.1. The lowest BCUT2D eigenvalue weighted by Crippen LogP contribution is -2.26. The molecule has 0 amide bonds. The zero-order valence-electron chi connectivity index (χ0n) is 15.0. The van der Waals surface area contributed by atoms with Crippen LogP contribution in [0.1, 0.15) is 22.6 Å². The first-order valence-electron chi connectivity index (χ1n) is 8.32. The first-order valence-corrected chi connectivity index (χ1v) is 9.80. The summed E-state index contributed by atoms with van der Waals surface area (Å²) in [6.45, 7) is 5.99. The Hall–Kier alpha value is -2.51. The highest BCUT2D eigenvalue weighted by Crippen LogP contribution is 2.20. The number of nitrogens with one attached hydrogen (secondary N) is 1. The van der Waals surface area contributed by atoms with Gasteiger partial charge in [-0.2, -0.15) is 4.98 Å². The molecule has 0 saturated heterocycles. The summed E-state index contributed by atoms with van der Waals surface area (Å²) >= 11 is 0. The predicted molar refractivity (Wildman–Crippen MR) is 99.3 cm³/mol. The molecule has 0 aliphatic heterocycles. The van der Waals surface area contributed by atoms with Crippen molar-refractivity contribution in [3.63, 3.8) is 0 Å². The van der Waals surface area contributed by atoms with Gasteiger partial charge < -0.3 is 4.52 Å². The molecule has 3 aromatic rings. The molecular formula is C19H21N3O3S. The molecule has 3 rings (SSSR count). The molecule has 0 aliphatic rings. The van der Waals surface area contributed by atoms with Crippen molar-refractivity contribution in [2.75, 3.05) is 6.54 Å². The Labute approximate surface area is 153 Å². The molecule has 136 valence electrons. The van der Waals surface area contributed by atoms with E-state index in [4.69, 9.17) is 4.52 Å². The van der Waals surface area contributed by atoms with Gasteiger partial charge in [0.15, 0.2) is 0 Å². The molecule has 0 fully saturated rings. The van der Waals surface area contributed by atoms with Crippen molar-refractivity contribution >= 4 is 10.0 Å². The molecule has 2 aromatic carbocycles. The number of sulfonamides is 1. The Morgan fingerprint density at radius 1 is 1.00 bits per heavy atom. The number of benzene rings is 2. The Morgan fingerprint density at radius 2 is 1.77 bits per heavy atom. The first-order chi connectivity index (χ1) is 12.4. The molecule has 0 radical (unpaired) electrons. The zero-order chi connectivity index (χ0) is 18.7. The fourth-order valence-electron chi connectivity index (χ4n) is 2.55. The largest absolute Gasteiger partial charge is 0.339 e.